The summed E-state index contributed by atoms with van der Waals surface area (Å²) in [6, 6.07) is 17.0. The fourth-order valence-electron chi connectivity index (χ4n) is 2.78. The van der Waals surface area contributed by atoms with Gasteiger partial charge in [0.05, 0.1) is 5.69 Å². The van der Waals surface area contributed by atoms with Crippen LogP contribution < -0.4 is 4.74 Å². The molecule has 0 fully saturated rings. The molecule has 0 bridgehead atoms. The first kappa shape index (κ1) is 13.7. The highest BCUT2D eigenvalue weighted by atomic mass is 16.5. The fraction of sp³-hybridized carbons (Fsp3) is 0.263. The third kappa shape index (κ3) is 2.66. The zero-order valence-electron chi connectivity index (χ0n) is 12.9. The Morgan fingerprint density at radius 1 is 1.00 bits per heavy atom. The summed E-state index contributed by atoms with van der Waals surface area (Å²) in [6.07, 6.45) is 0. The van der Waals surface area contributed by atoms with Crippen LogP contribution in [0.2, 0.25) is 0 Å². The number of aromatic nitrogens is 1. The lowest BCUT2D eigenvalue weighted by Gasteiger charge is -2.11. The second-order valence-corrected chi connectivity index (χ2v) is 5.50. The van der Waals surface area contributed by atoms with Gasteiger partial charge in [0.15, 0.2) is 0 Å². The minimum atomic E-state index is 0.604. The lowest BCUT2D eigenvalue weighted by atomic mass is 10.2. The molecule has 0 atom stereocenters. The molecule has 3 aromatic rings. The highest BCUT2D eigenvalue weighted by molar-refractivity contribution is 5.82. The summed E-state index contributed by atoms with van der Waals surface area (Å²) in [7, 11) is 0. The maximum atomic E-state index is 6.00. The van der Waals surface area contributed by atoms with Crippen molar-refractivity contribution in [1.82, 2.24) is 4.57 Å². The molecule has 21 heavy (non-hydrogen) atoms. The van der Waals surface area contributed by atoms with Crippen molar-refractivity contribution in [2.45, 2.75) is 33.9 Å². The molecule has 0 saturated heterocycles. The van der Waals surface area contributed by atoms with Crippen molar-refractivity contribution in [2.75, 3.05) is 0 Å². The Balaban J connectivity index is 1.92. The molecule has 2 heteroatoms. The van der Waals surface area contributed by atoms with Crippen LogP contribution in [0.5, 0.6) is 5.75 Å². The summed E-state index contributed by atoms with van der Waals surface area (Å²) in [5, 5.41) is 1.28. The summed E-state index contributed by atoms with van der Waals surface area (Å²) in [5.74, 6) is 0.960. The molecule has 0 unspecified atom stereocenters. The second kappa shape index (κ2) is 5.65. The van der Waals surface area contributed by atoms with Gasteiger partial charge in [-0.25, -0.2) is 0 Å². The predicted octanol–water partition coefficient (Wildman–Crippen LogP) is 4.86. The van der Waals surface area contributed by atoms with E-state index in [2.05, 4.69) is 55.7 Å². The number of ether oxygens (including phenoxy) is 1. The summed E-state index contributed by atoms with van der Waals surface area (Å²) in [4.78, 5) is 0. The largest absolute Gasteiger partial charge is 0.487 e. The molecule has 0 aliphatic rings. The number of rotatable bonds is 4. The highest BCUT2D eigenvalue weighted by Gasteiger charge is 2.09. The van der Waals surface area contributed by atoms with Gasteiger partial charge < -0.3 is 9.30 Å². The lowest BCUT2D eigenvalue weighted by Crippen LogP contribution is -2.05. The van der Waals surface area contributed by atoms with Gasteiger partial charge >= 0.3 is 0 Å². The van der Waals surface area contributed by atoms with E-state index in [1.807, 2.05) is 18.2 Å². The molecular weight excluding hydrogens is 258 g/mol. The van der Waals surface area contributed by atoms with Gasteiger partial charge in [0.2, 0.25) is 0 Å². The highest BCUT2D eigenvalue weighted by Crippen LogP contribution is 2.23. The third-order valence-corrected chi connectivity index (χ3v) is 3.93. The third-order valence-electron chi connectivity index (χ3n) is 3.93. The summed E-state index contributed by atoms with van der Waals surface area (Å²) >= 11 is 0. The lowest BCUT2D eigenvalue weighted by molar-refractivity contribution is 0.294. The van der Waals surface area contributed by atoms with Crippen LogP contribution in [0.15, 0.2) is 48.5 Å². The van der Waals surface area contributed by atoms with Gasteiger partial charge in [-0.1, -0.05) is 30.3 Å². The topological polar surface area (TPSA) is 14.2 Å². The van der Waals surface area contributed by atoms with Gasteiger partial charge in [-0.05, 0) is 50.1 Å². The van der Waals surface area contributed by atoms with Crippen molar-refractivity contribution in [2.24, 2.45) is 0 Å². The molecule has 3 rings (SSSR count). The zero-order valence-corrected chi connectivity index (χ0v) is 12.9. The van der Waals surface area contributed by atoms with Crippen molar-refractivity contribution in [1.29, 1.82) is 0 Å². The van der Waals surface area contributed by atoms with Gasteiger partial charge in [0, 0.05) is 17.4 Å². The number of aryl methyl sites for hydroxylation is 3. The number of fused-ring (bicyclic) bond motifs is 1. The van der Waals surface area contributed by atoms with E-state index < -0.39 is 0 Å². The van der Waals surface area contributed by atoms with Gasteiger partial charge in [-0.3, -0.25) is 0 Å². The monoisotopic (exact) mass is 279 g/mol. The van der Waals surface area contributed by atoms with Crippen LogP contribution in [0.1, 0.15) is 23.7 Å². The van der Waals surface area contributed by atoms with E-state index in [4.69, 9.17) is 4.74 Å². The molecule has 2 aromatic carbocycles. The first-order chi connectivity index (χ1) is 10.2. The van der Waals surface area contributed by atoms with E-state index in [-0.39, 0.29) is 0 Å². The molecule has 0 aliphatic carbocycles. The first-order valence-corrected chi connectivity index (χ1v) is 7.46. The van der Waals surface area contributed by atoms with Gasteiger partial charge in [0.25, 0.3) is 0 Å². The van der Waals surface area contributed by atoms with Crippen LogP contribution in [-0.4, -0.2) is 4.57 Å². The number of hydrogen-bond donors (Lipinski definition) is 0. The zero-order chi connectivity index (χ0) is 14.8. The van der Waals surface area contributed by atoms with E-state index in [0.717, 1.165) is 12.3 Å². The van der Waals surface area contributed by atoms with Crippen molar-refractivity contribution in [3.05, 3.63) is 65.4 Å². The van der Waals surface area contributed by atoms with Crippen LogP contribution in [-0.2, 0) is 13.2 Å². The summed E-state index contributed by atoms with van der Waals surface area (Å²) in [6.45, 7) is 7.95. The van der Waals surface area contributed by atoms with Crippen LogP contribution in [0.25, 0.3) is 10.9 Å². The van der Waals surface area contributed by atoms with E-state index in [1.165, 1.54) is 27.7 Å². The predicted molar refractivity (Wildman–Crippen MR) is 87.9 cm³/mol. The maximum absolute atomic E-state index is 6.00. The minimum absolute atomic E-state index is 0.604. The average Bonchev–Trinajstić information content (AvgIpc) is 2.83. The average molecular weight is 279 g/mol. The van der Waals surface area contributed by atoms with E-state index >= 15 is 0 Å². The molecular formula is C19H21NO. The second-order valence-electron chi connectivity index (χ2n) is 5.50. The first-order valence-electron chi connectivity index (χ1n) is 7.46. The van der Waals surface area contributed by atoms with Crippen molar-refractivity contribution < 1.29 is 4.74 Å². The quantitative estimate of drug-likeness (QED) is 0.665. The Hall–Kier alpha value is -2.22. The van der Waals surface area contributed by atoms with E-state index in [1.54, 1.807) is 0 Å². The molecule has 0 radical (unpaired) electrons. The fourth-order valence-corrected chi connectivity index (χ4v) is 2.78. The molecule has 1 aromatic heterocycles. The van der Waals surface area contributed by atoms with Gasteiger partial charge in [0.1, 0.15) is 12.4 Å². The Kier molecular flexibility index (Phi) is 3.70. The van der Waals surface area contributed by atoms with Crippen LogP contribution in [0.3, 0.4) is 0 Å². The molecule has 2 nitrogen and oxygen atoms in total. The number of hydrogen-bond acceptors (Lipinski definition) is 1. The molecule has 0 amide bonds. The number of benzene rings is 2. The summed E-state index contributed by atoms with van der Waals surface area (Å²) in [5.41, 5.74) is 4.98. The Morgan fingerprint density at radius 3 is 2.57 bits per heavy atom. The SMILES string of the molecule is CCn1c(COc2ccccc2C)cc2ccc(C)cc21. The maximum Gasteiger partial charge on any atom is 0.128 e. The Labute approximate surface area is 126 Å². The van der Waals surface area contributed by atoms with Gasteiger partial charge in [-0.2, -0.15) is 0 Å². The molecule has 0 spiro atoms. The smallest absolute Gasteiger partial charge is 0.128 e. The van der Waals surface area contributed by atoms with Crippen molar-refractivity contribution >= 4 is 10.9 Å². The molecule has 108 valence electrons. The minimum Gasteiger partial charge on any atom is -0.487 e. The molecule has 0 N–H and O–H groups in total. The Bertz CT molecular complexity index is 770. The van der Waals surface area contributed by atoms with Crippen LogP contribution in [0, 0.1) is 13.8 Å². The molecule has 0 saturated carbocycles. The van der Waals surface area contributed by atoms with E-state index in [0.29, 0.717) is 6.61 Å². The van der Waals surface area contributed by atoms with Crippen LogP contribution >= 0.6 is 0 Å². The molecule has 1 heterocycles. The normalized spacial score (nSPS) is 11.0. The van der Waals surface area contributed by atoms with Gasteiger partial charge in [-0.15, -0.1) is 0 Å². The summed E-state index contributed by atoms with van der Waals surface area (Å²) < 4.78 is 8.34. The van der Waals surface area contributed by atoms with E-state index in [9.17, 15) is 0 Å². The standard InChI is InChI=1S/C19H21NO/c1-4-20-17(12-16-10-9-14(2)11-18(16)20)13-21-19-8-6-5-7-15(19)3/h5-12H,4,13H2,1-3H3. The number of nitrogens with zero attached hydrogens (tertiary/aromatic N) is 1. The molecule has 0 aliphatic heterocycles. The van der Waals surface area contributed by atoms with Crippen molar-refractivity contribution in [3.63, 3.8) is 0 Å². The van der Waals surface area contributed by atoms with Crippen molar-refractivity contribution in [3.8, 4) is 5.75 Å². The number of para-hydroxylation sites is 1. The van der Waals surface area contributed by atoms with Crippen LogP contribution in [0.4, 0.5) is 0 Å². The Morgan fingerprint density at radius 2 is 1.81 bits per heavy atom.